The predicted octanol–water partition coefficient (Wildman–Crippen LogP) is 2.16. The highest BCUT2D eigenvalue weighted by atomic mass is 79.9. The molecule has 3 aliphatic heterocycles. The third-order valence-corrected chi connectivity index (χ3v) is 5.19. The van der Waals surface area contributed by atoms with Gasteiger partial charge in [0.1, 0.15) is 0 Å². The van der Waals surface area contributed by atoms with Gasteiger partial charge in [-0.3, -0.25) is 4.99 Å². The van der Waals surface area contributed by atoms with Gasteiger partial charge in [0.25, 0.3) is 0 Å². The van der Waals surface area contributed by atoms with Crippen LogP contribution in [-0.4, -0.2) is 38.0 Å². The number of benzene rings is 1. The minimum absolute atomic E-state index is 0.276. The van der Waals surface area contributed by atoms with Gasteiger partial charge in [0.15, 0.2) is 17.5 Å². The maximum Gasteiger partial charge on any atom is 0.231 e. The number of hydrogen-bond acceptors (Lipinski definition) is 4. The van der Waals surface area contributed by atoms with E-state index in [-0.39, 0.29) is 6.79 Å². The summed E-state index contributed by atoms with van der Waals surface area (Å²) in [5.41, 5.74) is 1.10. The molecule has 0 spiro atoms. The summed E-state index contributed by atoms with van der Waals surface area (Å²) in [6.07, 6.45) is 4.17. The number of nitrogens with zero attached hydrogens (tertiary/aromatic N) is 1. The number of fused-ring (bicyclic) bond motifs is 3. The number of aliphatic imine (C=N–C) groups is 1. The van der Waals surface area contributed by atoms with Gasteiger partial charge in [-0.2, -0.15) is 0 Å². The zero-order valence-electron chi connectivity index (χ0n) is 13.0. The molecule has 2 bridgehead atoms. The van der Waals surface area contributed by atoms with Crippen molar-refractivity contribution in [3.05, 3.63) is 22.2 Å². The van der Waals surface area contributed by atoms with Gasteiger partial charge >= 0.3 is 0 Å². The first-order valence-electron chi connectivity index (χ1n) is 7.93. The molecular formula is C16H20BrN3O3. The zero-order chi connectivity index (χ0) is 15.8. The molecule has 6 nitrogen and oxygen atoms in total. The van der Waals surface area contributed by atoms with Gasteiger partial charge < -0.3 is 24.8 Å². The quantitative estimate of drug-likeness (QED) is 0.620. The van der Waals surface area contributed by atoms with Crippen molar-refractivity contribution in [1.29, 1.82) is 0 Å². The van der Waals surface area contributed by atoms with E-state index in [2.05, 4.69) is 31.6 Å². The number of nitrogens with one attached hydrogen (secondary N) is 2. The Morgan fingerprint density at radius 3 is 3.00 bits per heavy atom. The van der Waals surface area contributed by atoms with E-state index in [1.54, 1.807) is 7.05 Å². The second-order valence-corrected chi connectivity index (χ2v) is 6.95. The van der Waals surface area contributed by atoms with Crippen LogP contribution in [-0.2, 0) is 11.3 Å². The number of halogens is 1. The Morgan fingerprint density at radius 2 is 2.26 bits per heavy atom. The third-order valence-electron chi connectivity index (χ3n) is 4.60. The van der Waals surface area contributed by atoms with Crippen molar-refractivity contribution < 1.29 is 14.2 Å². The van der Waals surface area contributed by atoms with Crippen molar-refractivity contribution in [2.24, 2.45) is 4.99 Å². The number of guanidine groups is 1. The van der Waals surface area contributed by atoms with Crippen LogP contribution in [0.15, 0.2) is 21.6 Å². The van der Waals surface area contributed by atoms with Crippen molar-refractivity contribution in [2.75, 3.05) is 13.8 Å². The Kier molecular flexibility index (Phi) is 4.07. The molecule has 0 aliphatic carbocycles. The van der Waals surface area contributed by atoms with Crippen LogP contribution in [0.3, 0.4) is 0 Å². The molecule has 3 atom stereocenters. The fourth-order valence-electron chi connectivity index (χ4n) is 3.47. The standard InChI is InChI=1S/C16H20BrN3O3/c1-18-16(20-12-6-10-2-3-13(12)23-10)19-7-9-4-11(17)15-14(5-9)21-8-22-15/h4-5,10,12-13H,2-3,6-8H2,1H3,(H2,18,19,20). The van der Waals surface area contributed by atoms with Crippen molar-refractivity contribution in [1.82, 2.24) is 10.6 Å². The number of rotatable bonds is 3. The summed E-state index contributed by atoms with van der Waals surface area (Å²) in [4.78, 5) is 4.32. The summed E-state index contributed by atoms with van der Waals surface area (Å²) < 4.78 is 17.6. The molecular weight excluding hydrogens is 362 g/mol. The first-order chi connectivity index (χ1) is 11.2. The largest absolute Gasteiger partial charge is 0.454 e. The van der Waals surface area contributed by atoms with E-state index in [1.807, 2.05) is 12.1 Å². The van der Waals surface area contributed by atoms with Crippen LogP contribution < -0.4 is 20.1 Å². The molecule has 3 unspecified atom stereocenters. The lowest BCUT2D eigenvalue weighted by Crippen LogP contribution is -2.47. The average Bonchev–Trinajstić information content (AvgIpc) is 3.27. The summed E-state index contributed by atoms with van der Waals surface area (Å²) in [5.74, 6) is 2.36. The van der Waals surface area contributed by atoms with Crippen molar-refractivity contribution in [2.45, 2.75) is 44.1 Å². The monoisotopic (exact) mass is 381 g/mol. The van der Waals surface area contributed by atoms with E-state index in [0.717, 1.165) is 40.3 Å². The molecule has 124 valence electrons. The SMILES string of the molecule is CN=C(NCc1cc(Br)c2c(c1)OCO2)NC1CC2CCC1O2. The van der Waals surface area contributed by atoms with E-state index < -0.39 is 0 Å². The normalized spacial score (nSPS) is 28.3. The van der Waals surface area contributed by atoms with E-state index in [0.29, 0.717) is 24.8 Å². The molecule has 1 aromatic carbocycles. The van der Waals surface area contributed by atoms with Gasteiger partial charge in [0, 0.05) is 13.6 Å². The molecule has 0 radical (unpaired) electrons. The Hall–Kier alpha value is -1.47. The van der Waals surface area contributed by atoms with Gasteiger partial charge in [-0.1, -0.05) is 0 Å². The molecule has 0 aromatic heterocycles. The Bertz CT molecular complexity index is 637. The Balaban J connectivity index is 1.37. The predicted molar refractivity (Wildman–Crippen MR) is 89.9 cm³/mol. The lowest BCUT2D eigenvalue weighted by molar-refractivity contribution is 0.0992. The molecule has 3 heterocycles. The van der Waals surface area contributed by atoms with Crippen LogP contribution in [0.5, 0.6) is 11.5 Å². The van der Waals surface area contributed by atoms with Gasteiger partial charge in [-0.05, 0) is 52.9 Å². The maximum atomic E-state index is 5.88. The fourth-order valence-corrected chi connectivity index (χ4v) is 4.07. The Morgan fingerprint density at radius 1 is 1.35 bits per heavy atom. The molecule has 0 saturated carbocycles. The molecule has 2 N–H and O–H groups in total. The molecule has 1 aromatic rings. The van der Waals surface area contributed by atoms with Crippen LogP contribution in [0.1, 0.15) is 24.8 Å². The van der Waals surface area contributed by atoms with Crippen molar-refractivity contribution in [3.8, 4) is 11.5 Å². The highest BCUT2D eigenvalue weighted by Crippen LogP contribution is 2.40. The average molecular weight is 382 g/mol. The maximum absolute atomic E-state index is 5.88. The third kappa shape index (κ3) is 2.99. The van der Waals surface area contributed by atoms with Gasteiger partial charge in [0.05, 0.1) is 22.7 Å². The highest BCUT2D eigenvalue weighted by molar-refractivity contribution is 9.10. The van der Waals surface area contributed by atoms with Crippen LogP contribution in [0, 0.1) is 0 Å². The second kappa shape index (κ2) is 6.20. The summed E-state index contributed by atoms with van der Waals surface area (Å²) in [7, 11) is 1.79. The summed E-state index contributed by atoms with van der Waals surface area (Å²) in [6.45, 7) is 0.939. The van der Waals surface area contributed by atoms with Gasteiger partial charge in [0.2, 0.25) is 6.79 Å². The number of ether oxygens (including phenoxy) is 3. The molecule has 3 aliphatic rings. The molecule has 23 heavy (non-hydrogen) atoms. The van der Waals surface area contributed by atoms with Crippen LogP contribution in [0.2, 0.25) is 0 Å². The lowest BCUT2D eigenvalue weighted by Gasteiger charge is -2.22. The van der Waals surface area contributed by atoms with Gasteiger partial charge in [-0.25, -0.2) is 0 Å². The smallest absolute Gasteiger partial charge is 0.231 e. The zero-order valence-corrected chi connectivity index (χ0v) is 14.6. The topological polar surface area (TPSA) is 64.1 Å². The molecule has 0 amide bonds. The first-order valence-corrected chi connectivity index (χ1v) is 8.73. The minimum atomic E-state index is 0.276. The van der Waals surface area contributed by atoms with Crippen LogP contribution >= 0.6 is 15.9 Å². The highest BCUT2D eigenvalue weighted by Gasteiger charge is 2.41. The van der Waals surface area contributed by atoms with Crippen molar-refractivity contribution >= 4 is 21.9 Å². The van der Waals surface area contributed by atoms with Crippen molar-refractivity contribution in [3.63, 3.8) is 0 Å². The van der Waals surface area contributed by atoms with E-state index in [1.165, 1.54) is 6.42 Å². The van der Waals surface area contributed by atoms with E-state index in [4.69, 9.17) is 14.2 Å². The summed E-state index contributed by atoms with van der Waals surface area (Å²) in [6, 6.07) is 4.39. The fraction of sp³-hybridized carbons (Fsp3) is 0.562. The molecule has 2 saturated heterocycles. The summed E-state index contributed by atoms with van der Waals surface area (Å²) >= 11 is 3.52. The second-order valence-electron chi connectivity index (χ2n) is 6.10. The first kappa shape index (κ1) is 15.1. The van der Waals surface area contributed by atoms with Gasteiger partial charge in [-0.15, -0.1) is 0 Å². The van der Waals surface area contributed by atoms with E-state index >= 15 is 0 Å². The Labute approximate surface area is 143 Å². The minimum Gasteiger partial charge on any atom is -0.454 e. The molecule has 4 rings (SSSR count). The van der Waals surface area contributed by atoms with Crippen LogP contribution in [0.25, 0.3) is 0 Å². The van der Waals surface area contributed by atoms with E-state index in [9.17, 15) is 0 Å². The lowest BCUT2D eigenvalue weighted by atomic mass is 9.96. The summed E-state index contributed by atoms with van der Waals surface area (Å²) in [5, 5.41) is 6.84. The molecule has 2 fully saturated rings. The molecule has 7 heteroatoms. The van der Waals surface area contributed by atoms with Crippen LogP contribution in [0.4, 0.5) is 0 Å². The number of hydrogen-bond donors (Lipinski definition) is 2.